The van der Waals surface area contributed by atoms with E-state index in [2.05, 4.69) is 29.6 Å². The molecule has 3 heteroatoms. The molecule has 1 N–H and O–H groups in total. The predicted molar refractivity (Wildman–Crippen MR) is 84.4 cm³/mol. The Balaban J connectivity index is 1.42. The summed E-state index contributed by atoms with van der Waals surface area (Å²) >= 11 is 0. The third-order valence-electron chi connectivity index (χ3n) is 4.48. The van der Waals surface area contributed by atoms with E-state index in [1.54, 1.807) is 0 Å². The van der Waals surface area contributed by atoms with Crippen molar-refractivity contribution in [2.75, 3.05) is 26.4 Å². The molecule has 1 saturated heterocycles. The fourth-order valence-electron chi connectivity index (χ4n) is 2.89. The molecule has 0 radical (unpaired) electrons. The van der Waals surface area contributed by atoms with E-state index in [-0.39, 0.29) is 0 Å². The average molecular weight is 289 g/mol. The molecule has 1 aromatic carbocycles. The summed E-state index contributed by atoms with van der Waals surface area (Å²) in [5.74, 6) is 0.683. The first kappa shape index (κ1) is 15.0. The summed E-state index contributed by atoms with van der Waals surface area (Å²) < 4.78 is 11.4. The van der Waals surface area contributed by atoms with Gasteiger partial charge in [-0.1, -0.05) is 24.3 Å². The molecule has 1 heterocycles. The maximum atomic E-state index is 5.96. The van der Waals surface area contributed by atoms with Gasteiger partial charge in [0.05, 0.1) is 13.2 Å². The summed E-state index contributed by atoms with van der Waals surface area (Å²) in [6, 6.07) is 9.49. The second-order valence-electron chi connectivity index (χ2n) is 6.32. The Morgan fingerprint density at radius 1 is 1.05 bits per heavy atom. The van der Waals surface area contributed by atoms with Crippen molar-refractivity contribution >= 4 is 0 Å². The van der Waals surface area contributed by atoms with Crippen LogP contribution in [0.5, 0.6) is 0 Å². The lowest BCUT2D eigenvalue weighted by Gasteiger charge is -2.22. The molecular weight excluding hydrogens is 262 g/mol. The number of ether oxygens (including phenoxy) is 2. The predicted octanol–water partition coefficient (Wildman–Crippen LogP) is 2.92. The third kappa shape index (κ3) is 5.10. The minimum Gasteiger partial charge on any atom is -0.381 e. The van der Waals surface area contributed by atoms with Gasteiger partial charge < -0.3 is 14.8 Å². The quantitative estimate of drug-likeness (QED) is 0.798. The minimum atomic E-state index is 0.683. The van der Waals surface area contributed by atoms with Gasteiger partial charge in [0.25, 0.3) is 0 Å². The molecule has 3 rings (SSSR count). The molecule has 1 aliphatic carbocycles. The Labute approximate surface area is 128 Å². The molecule has 0 atom stereocenters. The Hall–Kier alpha value is -0.900. The average Bonchev–Trinajstić information content (AvgIpc) is 3.34. The van der Waals surface area contributed by atoms with E-state index < -0.39 is 0 Å². The molecule has 21 heavy (non-hydrogen) atoms. The lowest BCUT2D eigenvalue weighted by Crippen LogP contribution is -2.21. The summed E-state index contributed by atoms with van der Waals surface area (Å²) in [6.45, 7) is 4.51. The smallest absolute Gasteiger partial charge is 0.0719 e. The Morgan fingerprint density at radius 2 is 1.81 bits per heavy atom. The molecule has 0 aromatic heterocycles. The molecular formula is C18H27NO2. The number of nitrogens with one attached hydrogen (secondary N) is 1. The van der Waals surface area contributed by atoms with Crippen molar-refractivity contribution < 1.29 is 9.47 Å². The molecule has 2 fully saturated rings. The zero-order chi connectivity index (χ0) is 14.3. The monoisotopic (exact) mass is 289 g/mol. The van der Waals surface area contributed by atoms with Crippen molar-refractivity contribution in [2.45, 2.75) is 44.8 Å². The first-order chi connectivity index (χ1) is 10.4. The highest BCUT2D eigenvalue weighted by Gasteiger charge is 2.19. The van der Waals surface area contributed by atoms with Crippen LogP contribution in [-0.2, 0) is 22.5 Å². The highest BCUT2D eigenvalue weighted by molar-refractivity contribution is 5.26. The van der Waals surface area contributed by atoms with E-state index in [0.29, 0.717) is 5.92 Å². The number of benzene rings is 1. The van der Waals surface area contributed by atoms with Crippen LogP contribution >= 0.6 is 0 Å². The number of rotatable bonds is 8. The highest BCUT2D eigenvalue weighted by Crippen LogP contribution is 2.19. The Kier molecular flexibility index (Phi) is 5.67. The van der Waals surface area contributed by atoms with Gasteiger partial charge in [-0.25, -0.2) is 0 Å². The summed E-state index contributed by atoms with van der Waals surface area (Å²) in [6.07, 6.45) is 6.11. The van der Waals surface area contributed by atoms with Gasteiger partial charge in [0, 0.05) is 19.3 Å². The van der Waals surface area contributed by atoms with Crippen molar-refractivity contribution in [3.05, 3.63) is 35.4 Å². The van der Waals surface area contributed by atoms with Crippen LogP contribution in [0.4, 0.5) is 0 Å². The van der Waals surface area contributed by atoms with Crippen molar-refractivity contribution in [1.29, 1.82) is 0 Å². The van der Waals surface area contributed by atoms with Crippen LogP contribution in [0.25, 0.3) is 0 Å². The molecule has 0 spiro atoms. The maximum Gasteiger partial charge on any atom is 0.0719 e. The standard InChI is InChI=1S/C18H27NO2/c1-2-4-17(14-21-13-15-8-11-20-12-9-15)16(3-1)7-10-19-18-5-6-18/h1-4,15,18-19H,5-14H2. The van der Waals surface area contributed by atoms with Crippen molar-refractivity contribution in [3.63, 3.8) is 0 Å². The Morgan fingerprint density at radius 3 is 2.57 bits per heavy atom. The van der Waals surface area contributed by atoms with E-state index in [9.17, 15) is 0 Å². The van der Waals surface area contributed by atoms with E-state index in [1.165, 1.54) is 24.0 Å². The van der Waals surface area contributed by atoms with Crippen LogP contribution in [0, 0.1) is 5.92 Å². The van der Waals surface area contributed by atoms with Gasteiger partial charge >= 0.3 is 0 Å². The van der Waals surface area contributed by atoms with Crippen LogP contribution in [-0.4, -0.2) is 32.4 Å². The number of hydrogen-bond acceptors (Lipinski definition) is 3. The van der Waals surface area contributed by atoms with E-state index in [1.807, 2.05) is 0 Å². The van der Waals surface area contributed by atoms with Gasteiger partial charge in [-0.05, 0) is 55.7 Å². The van der Waals surface area contributed by atoms with E-state index >= 15 is 0 Å². The molecule has 0 unspecified atom stereocenters. The number of hydrogen-bond donors (Lipinski definition) is 1. The van der Waals surface area contributed by atoms with Crippen LogP contribution < -0.4 is 5.32 Å². The summed E-state index contributed by atoms with van der Waals surface area (Å²) in [5, 5.41) is 3.59. The van der Waals surface area contributed by atoms with Gasteiger partial charge in [0.15, 0.2) is 0 Å². The zero-order valence-corrected chi connectivity index (χ0v) is 12.9. The summed E-state index contributed by atoms with van der Waals surface area (Å²) in [4.78, 5) is 0. The van der Waals surface area contributed by atoms with Crippen LogP contribution in [0.3, 0.4) is 0 Å². The normalized spacial score (nSPS) is 19.8. The fraction of sp³-hybridized carbons (Fsp3) is 0.667. The first-order valence-corrected chi connectivity index (χ1v) is 8.37. The van der Waals surface area contributed by atoms with Gasteiger partial charge in [-0.15, -0.1) is 0 Å². The summed E-state index contributed by atoms with van der Waals surface area (Å²) in [7, 11) is 0. The lowest BCUT2D eigenvalue weighted by molar-refractivity contribution is 0.0156. The van der Waals surface area contributed by atoms with Crippen LogP contribution in [0.1, 0.15) is 36.8 Å². The highest BCUT2D eigenvalue weighted by atomic mass is 16.5. The molecule has 0 bridgehead atoms. The molecule has 2 aliphatic rings. The van der Waals surface area contributed by atoms with Gasteiger partial charge in [0.1, 0.15) is 0 Å². The van der Waals surface area contributed by atoms with Crippen molar-refractivity contribution in [2.24, 2.45) is 5.92 Å². The first-order valence-electron chi connectivity index (χ1n) is 8.37. The second-order valence-corrected chi connectivity index (χ2v) is 6.32. The molecule has 1 saturated carbocycles. The van der Waals surface area contributed by atoms with Crippen molar-refractivity contribution in [3.8, 4) is 0 Å². The summed E-state index contributed by atoms with van der Waals surface area (Å²) in [5.41, 5.74) is 2.78. The topological polar surface area (TPSA) is 30.5 Å². The van der Waals surface area contributed by atoms with Crippen molar-refractivity contribution in [1.82, 2.24) is 5.32 Å². The van der Waals surface area contributed by atoms with Crippen LogP contribution in [0.15, 0.2) is 24.3 Å². The Bertz CT molecular complexity index is 425. The third-order valence-corrected chi connectivity index (χ3v) is 4.48. The fourth-order valence-corrected chi connectivity index (χ4v) is 2.89. The van der Waals surface area contributed by atoms with E-state index in [4.69, 9.17) is 9.47 Å². The van der Waals surface area contributed by atoms with Gasteiger partial charge in [-0.2, -0.15) is 0 Å². The largest absolute Gasteiger partial charge is 0.381 e. The molecule has 1 aromatic rings. The molecule has 3 nitrogen and oxygen atoms in total. The molecule has 116 valence electrons. The van der Waals surface area contributed by atoms with Gasteiger partial charge in [0.2, 0.25) is 0 Å². The van der Waals surface area contributed by atoms with Gasteiger partial charge in [-0.3, -0.25) is 0 Å². The minimum absolute atomic E-state index is 0.683. The maximum absolute atomic E-state index is 5.96. The second kappa shape index (κ2) is 7.92. The van der Waals surface area contributed by atoms with E-state index in [0.717, 1.165) is 58.3 Å². The molecule has 0 amide bonds. The zero-order valence-electron chi connectivity index (χ0n) is 12.9. The SMILES string of the molecule is c1ccc(COCC2CCOCC2)c(CCNC2CC2)c1. The van der Waals surface area contributed by atoms with Crippen LogP contribution in [0.2, 0.25) is 0 Å². The molecule has 1 aliphatic heterocycles. The lowest BCUT2D eigenvalue weighted by atomic mass is 10.0.